The fourth-order valence-corrected chi connectivity index (χ4v) is 1.46. The van der Waals surface area contributed by atoms with Crippen LogP contribution in [0.4, 0.5) is 5.82 Å². The largest absolute Gasteiger partial charge is 0.335 e. The SMILES string of the molecule is Cc1ncnc2c1C=NC(C)(C)N2C. The highest BCUT2D eigenvalue weighted by atomic mass is 15.3. The van der Waals surface area contributed by atoms with E-state index in [0.29, 0.717) is 0 Å². The van der Waals surface area contributed by atoms with Crippen LogP contribution in [0.1, 0.15) is 25.1 Å². The number of aromatic nitrogens is 2. The van der Waals surface area contributed by atoms with Crippen LogP contribution in [0.15, 0.2) is 11.3 Å². The lowest BCUT2D eigenvalue weighted by Gasteiger charge is -2.36. The molecule has 0 spiro atoms. The summed E-state index contributed by atoms with van der Waals surface area (Å²) in [6.07, 6.45) is 3.46. The molecule has 0 saturated heterocycles. The van der Waals surface area contributed by atoms with E-state index in [4.69, 9.17) is 0 Å². The Morgan fingerprint density at radius 1 is 1.29 bits per heavy atom. The molecule has 1 aromatic heterocycles. The summed E-state index contributed by atoms with van der Waals surface area (Å²) in [5, 5.41) is 0. The fraction of sp³-hybridized carbons (Fsp3) is 0.500. The molecule has 14 heavy (non-hydrogen) atoms. The number of aliphatic imine (C=N–C) groups is 1. The first-order valence-corrected chi connectivity index (χ1v) is 4.63. The van der Waals surface area contributed by atoms with E-state index in [1.807, 2.05) is 20.2 Å². The summed E-state index contributed by atoms with van der Waals surface area (Å²) in [7, 11) is 2.00. The van der Waals surface area contributed by atoms with Gasteiger partial charge in [0.05, 0.1) is 11.3 Å². The predicted molar refractivity (Wildman–Crippen MR) is 56.8 cm³/mol. The van der Waals surface area contributed by atoms with Crippen molar-refractivity contribution in [3.63, 3.8) is 0 Å². The summed E-state index contributed by atoms with van der Waals surface area (Å²) in [6, 6.07) is 0. The molecule has 1 aliphatic heterocycles. The van der Waals surface area contributed by atoms with Gasteiger partial charge in [-0.2, -0.15) is 0 Å². The van der Waals surface area contributed by atoms with Crippen LogP contribution in [0.3, 0.4) is 0 Å². The number of hydrogen-bond donors (Lipinski definition) is 0. The van der Waals surface area contributed by atoms with E-state index in [1.165, 1.54) is 0 Å². The van der Waals surface area contributed by atoms with E-state index in [-0.39, 0.29) is 5.66 Å². The van der Waals surface area contributed by atoms with E-state index >= 15 is 0 Å². The van der Waals surface area contributed by atoms with Gasteiger partial charge in [0.25, 0.3) is 0 Å². The molecule has 0 atom stereocenters. The van der Waals surface area contributed by atoms with Crippen LogP contribution in [0, 0.1) is 6.92 Å². The molecule has 0 fully saturated rings. The van der Waals surface area contributed by atoms with E-state index in [9.17, 15) is 0 Å². The van der Waals surface area contributed by atoms with Gasteiger partial charge in [0, 0.05) is 13.3 Å². The molecule has 0 radical (unpaired) electrons. The van der Waals surface area contributed by atoms with Crippen LogP contribution in [0.5, 0.6) is 0 Å². The molecule has 4 nitrogen and oxygen atoms in total. The van der Waals surface area contributed by atoms with Gasteiger partial charge in [-0.25, -0.2) is 9.97 Å². The minimum absolute atomic E-state index is 0.214. The van der Waals surface area contributed by atoms with Gasteiger partial charge in [0.1, 0.15) is 17.8 Å². The molecule has 74 valence electrons. The Balaban J connectivity index is 2.61. The summed E-state index contributed by atoms with van der Waals surface area (Å²) in [5.41, 5.74) is 1.78. The Morgan fingerprint density at radius 2 is 2.00 bits per heavy atom. The van der Waals surface area contributed by atoms with Gasteiger partial charge < -0.3 is 4.90 Å². The van der Waals surface area contributed by atoms with Gasteiger partial charge in [-0.1, -0.05) is 0 Å². The second-order valence-corrected chi connectivity index (χ2v) is 4.01. The van der Waals surface area contributed by atoms with Crippen molar-refractivity contribution in [1.82, 2.24) is 9.97 Å². The third-order valence-electron chi connectivity index (χ3n) is 2.71. The Hall–Kier alpha value is -1.45. The Bertz CT molecular complexity index is 395. The molecular weight excluding hydrogens is 176 g/mol. The lowest BCUT2D eigenvalue weighted by Crippen LogP contribution is -2.43. The van der Waals surface area contributed by atoms with Gasteiger partial charge in [0.2, 0.25) is 0 Å². The second-order valence-electron chi connectivity index (χ2n) is 4.01. The first-order chi connectivity index (χ1) is 6.52. The minimum Gasteiger partial charge on any atom is -0.335 e. The summed E-state index contributed by atoms with van der Waals surface area (Å²) < 4.78 is 0. The standard InChI is InChI=1S/C10H14N4/c1-7-8-5-13-10(2,3)14(4)9(8)12-6-11-7/h5-6H,1-4H3. The van der Waals surface area contributed by atoms with Crippen LogP contribution >= 0.6 is 0 Å². The normalized spacial score (nSPS) is 18.1. The summed E-state index contributed by atoms with van der Waals surface area (Å²) >= 11 is 0. The number of hydrogen-bond acceptors (Lipinski definition) is 4. The highest BCUT2D eigenvalue weighted by Crippen LogP contribution is 2.28. The molecule has 0 N–H and O–H groups in total. The fourth-order valence-electron chi connectivity index (χ4n) is 1.46. The Morgan fingerprint density at radius 3 is 2.71 bits per heavy atom. The maximum absolute atomic E-state index is 4.47. The van der Waals surface area contributed by atoms with Crippen molar-refractivity contribution in [3.8, 4) is 0 Å². The first-order valence-electron chi connectivity index (χ1n) is 4.63. The topological polar surface area (TPSA) is 41.4 Å². The summed E-state index contributed by atoms with van der Waals surface area (Å²) in [5.74, 6) is 0.956. The molecule has 2 rings (SSSR count). The maximum Gasteiger partial charge on any atom is 0.142 e. The minimum atomic E-state index is -0.214. The van der Waals surface area contributed by atoms with Crippen molar-refractivity contribution >= 4 is 12.0 Å². The number of aryl methyl sites for hydroxylation is 1. The average Bonchev–Trinajstić information content (AvgIpc) is 2.13. The van der Waals surface area contributed by atoms with Gasteiger partial charge in [0.15, 0.2) is 0 Å². The van der Waals surface area contributed by atoms with Gasteiger partial charge in [-0.05, 0) is 20.8 Å². The van der Waals surface area contributed by atoms with Gasteiger partial charge in [-0.15, -0.1) is 0 Å². The Kier molecular flexibility index (Phi) is 1.80. The van der Waals surface area contributed by atoms with Crippen LogP contribution in [0.2, 0.25) is 0 Å². The lowest BCUT2D eigenvalue weighted by molar-refractivity contribution is 0.504. The first kappa shape index (κ1) is 9.12. The maximum atomic E-state index is 4.47. The number of fused-ring (bicyclic) bond motifs is 1. The quantitative estimate of drug-likeness (QED) is 0.620. The zero-order valence-electron chi connectivity index (χ0n) is 8.94. The Labute approximate surface area is 83.7 Å². The predicted octanol–water partition coefficient (Wildman–Crippen LogP) is 1.39. The van der Waals surface area contributed by atoms with Crippen molar-refractivity contribution in [1.29, 1.82) is 0 Å². The van der Waals surface area contributed by atoms with Crippen LogP contribution in [0.25, 0.3) is 0 Å². The highest BCUT2D eigenvalue weighted by molar-refractivity contribution is 5.90. The average molecular weight is 190 g/mol. The highest BCUT2D eigenvalue weighted by Gasteiger charge is 2.28. The number of anilines is 1. The number of nitrogens with zero attached hydrogens (tertiary/aromatic N) is 4. The van der Waals surface area contributed by atoms with Crippen LogP contribution in [-0.4, -0.2) is 28.9 Å². The van der Waals surface area contributed by atoms with Crippen LogP contribution in [-0.2, 0) is 0 Å². The van der Waals surface area contributed by atoms with Gasteiger partial charge in [-0.3, -0.25) is 4.99 Å². The van der Waals surface area contributed by atoms with E-state index in [0.717, 1.165) is 17.1 Å². The summed E-state index contributed by atoms with van der Waals surface area (Å²) in [4.78, 5) is 15.0. The van der Waals surface area contributed by atoms with Crippen molar-refractivity contribution in [2.75, 3.05) is 11.9 Å². The van der Waals surface area contributed by atoms with Crippen molar-refractivity contribution in [2.45, 2.75) is 26.4 Å². The van der Waals surface area contributed by atoms with Crippen LogP contribution < -0.4 is 4.90 Å². The summed E-state index contributed by atoms with van der Waals surface area (Å²) in [6.45, 7) is 6.09. The molecule has 0 bridgehead atoms. The van der Waals surface area contributed by atoms with E-state index in [1.54, 1.807) is 6.33 Å². The third-order valence-corrected chi connectivity index (χ3v) is 2.71. The zero-order chi connectivity index (χ0) is 10.3. The molecule has 0 saturated carbocycles. The molecule has 1 aliphatic rings. The molecule has 1 aromatic rings. The smallest absolute Gasteiger partial charge is 0.142 e. The van der Waals surface area contributed by atoms with Crippen molar-refractivity contribution in [2.24, 2.45) is 4.99 Å². The lowest BCUT2D eigenvalue weighted by atomic mass is 10.1. The zero-order valence-corrected chi connectivity index (χ0v) is 8.94. The molecular formula is C10H14N4. The van der Waals surface area contributed by atoms with Gasteiger partial charge >= 0.3 is 0 Å². The van der Waals surface area contributed by atoms with E-state index in [2.05, 4.69) is 33.7 Å². The molecule has 2 heterocycles. The molecule has 0 aromatic carbocycles. The molecule has 0 amide bonds. The van der Waals surface area contributed by atoms with Crippen molar-refractivity contribution < 1.29 is 0 Å². The number of rotatable bonds is 0. The molecule has 0 unspecified atom stereocenters. The second kappa shape index (κ2) is 2.77. The third kappa shape index (κ3) is 1.18. The molecule has 4 heteroatoms. The van der Waals surface area contributed by atoms with Crippen molar-refractivity contribution in [3.05, 3.63) is 17.6 Å². The monoisotopic (exact) mass is 190 g/mol. The van der Waals surface area contributed by atoms with E-state index < -0.39 is 0 Å². The molecule has 0 aliphatic carbocycles.